The summed E-state index contributed by atoms with van der Waals surface area (Å²) in [7, 11) is 5.80. The molecule has 0 unspecified atom stereocenters. The van der Waals surface area contributed by atoms with E-state index in [4.69, 9.17) is 0 Å². The zero-order chi connectivity index (χ0) is 4.12. The van der Waals surface area contributed by atoms with Gasteiger partial charge in [0.25, 0.3) is 0 Å². The van der Waals surface area contributed by atoms with Crippen molar-refractivity contribution in [3.8, 4) is 0 Å². The Hall–Kier alpha value is -0.0551. The van der Waals surface area contributed by atoms with Crippen molar-refractivity contribution in [3.63, 3.8) is 0 Å². The Kier molecular flexibility index (Phi) is 3.90. The van der Waals surface area contributed by atoms with E-state index in [-0.39, 0.29) is 0 Å². The average molecular weight is 72.9 g/mol. The average Bonchev–Trinajstić information content (AvgIpc) is 1.41. The van der Waals surface area contributed by atoms with Crippen LogP contribution < -0.4 is 5.64 Å². The molecule has 4 heteroatoms. The van der Waals surface area contributed by atoms with E-state index in [0.29, 0.717) is 0 Å². The lowest BCUT2D eigenvalue weighted by Gasteiger charge is -1.90. The van der Waals surface area contributed by atoms with Crippen LogP contribution in [0.1, 0.15) is 0 Å². The largest absolute Gasteiger partial charge is 0.355 e. The summed E-state index contributed by atoms with van der Waals surface area (Å²) in [6.07, 6.45) is 0. The maximum absolute atomic E-state index is 4.40. The monoisotopic (exact) mass is 73.0 g/mol. The fraction of sp³-hybridized carbons (Fsp3) is 1.00. The van der Waals surface area contributed by atoms with Crippen molar-refractivity contribution < 1.29 is 9.59 Å². The summed E-state index contributed by atoms with van der Waals surface area (Å²) >= 11 is 0. The highest BCUT2D eigenvalue weighted by Gasteiger charge is 1.59. The minimum absolute atomic E-state index is 1.40. The van der Waals surface area contributed by atoms with E-state index in [0.717, 1.165) is 0 Å². The van der Waals surface area contributed by atoms with Crippen molar-refractivity contribution >= 4 is 8.05 Å². The third-order valence-electron chi connectivity index (χ3n) is 0.131. The lowest BCUT2D eigenvalue weighted by atomic mass is 10.6. The van der Waals surface area contributed by atoms with Gasteiger partial charge in [-0.3, -0.25) is 4.84 Å². The van der Waals surface area contributed by atoms with Crippen LogP contribution in [0.4, 0.5) is 0 Å². The molecular weight excluding hydrogens is 68.8 g/mol. The molecule has 1 N–H and O–H groups in total. The van der Waals surface area contributed by atoms with E-state index in [9.17, 15) is 0 Å². The molecular formula is CH4BNO2. The molecule has 0 aromatic carbocycles. The second-order valence-corrected chi connectivity index (χ2v) is 0.405. The molecule has 0 saturated carbocycles. The van der Waals surface area contributed by atoms with Gasteiger partial charge in [-0.25, -0.2) is 0 Å². The Balaban J connectivity index is 2.19. The van der Waals surface area contributed by atoms with E-state index in [1.54, 1.807) is 0 Å². The van der Waals surface area contributed by atoms with Crippen molar-refractivity contribution in [1.29, 1.82) is 0 Å². The number of rotatable bonds is 2. The highest BCUT2D eigenvalue weighted by atomic mass is 16.9. The molecule has 0 aliphatic rings. The lowest BCUT2D eigenvalue weighted by Crippen LogP contribution is -2.08. The van der Waals surface area contributed by atoms with Crippen LogP contribution in [-0.2, 0) is 9.59 Å². The third kappa shape index (κ3) is 3.94. The zero-order valence-electron chi connectivity index (χ0n) is 2.89. The second kappa shape index (κ2) is 3.94. The first-order valence-electron chi connectivity index (χ1n) is 1.05. The first kappa shape index (κ1) is 4.94. The summed E-state index contributed by atoms with van der Waals surface area (Å²) in [5.74, 6) is 0. The van der Waals surface area contributed by atoms with Crippen molar-refractivity contribution in [2.45, 2.75) is 0 Å². The van der Waals surface area contributed by atoms with Gasteiger partial charge in [0, 0.05) is 0 Å². The molecule has 28 valence electrons. The summed E-state index contributed by atoms with van der Waals surface area (Å²) in [6.45, 7) is 0. The quantitative estimate of drug-likeness (QED) is 0.341. The first-order chi connectivity index (χ1) is 2.41. The Morgan fingerprint density at radius 1 is 1.80 bits per heavy atom. The van der Waals surface area contributed by atoms with Gasteiger partial charge in [0.2, 0.25) is 0 Å². The molecule has 2 radical (unpaired) electrons. The Labute approximate surface area is 31.6 Å². The predicted molar refractivity (Wildman–Crippen MR) is 17.0 cm³/mol. The molecule has 0 amide bonds. The Bertz CT molecular complexity index is 17.1. The maximum atomic E-state index is 4.40. The molecule has 5 heavy (non-hydrogen) atoms. The van der Waals surface area contributed by atoms with Gasteiger partial charge in [0.05, 0.1) is 7.11 Å². The van der Waals surface area contributed by atoms with Gasteiger partial charge < -0.3 is 4.76 Å². The molecule has 0 bridgehead atoms. The van der Waals surface area contributed by atoms with Crippen LogP contribution in [0, 0.1) is 0 Å². The first-order valence-corrected chi connectivity index (χ1v) is 1.05. The van der Waals surface area contributed by atoms with Crippen LogP contribution in [0.2, 0.25) is 0 Å². The van der Waals surface area contributed by atoms with E-state index in [1.807, 2.05) is 5.64 Å². The van der Waals surface area contributed by atoms with Gasteiger partial charge in [0.15, 0.2) is 0 Å². The second-order valence-electron chi connectivity index (χ2n) is 0.405. The molecule has 0 heterocycles. The topological polar surface area (TPSA) is 30.5 Å². The van der Waals surface area contributed by atoms with Crippen LogP contribution in [0.3, 0.4) is 0 Å². The molecule has 0 rings (SSSR count). The summed E-state index contributed by atoms with van der Waals surface area (Å²) in [5.41, 5.74) is 1.89. The maximum Gasteiger partial charge on any atom is 0.320 e. The van der Waals surface area contributed by atoms with E-state index >= 15 is 0 Å². The molecule has 0 aliphatic carbocycles. The fourth-order valence-electron chi connectivity index (χ4n) is 0.0481. The molecule has 0 saturated heterocycles. The standard InChI is InChI=1S/CH4BNO2/c1-4-3-5-2/h3H,1H3. The van der Waals surface area contributed by atoms with Crippen molar-refractivity contribution in [2.75, 3.05) is 7.11 Å². The molecule has 0 aromatic heterocycles. The summed E-state index contributed by atoms with van der Waals surface area (Å²) < 4.78 is 3.72. The predicted octanol–water partition coefficient (Wildman–Crippen LogP) is -0.848. The molecule has 0 aliphatic heterocycles. The van der Waals surface area contributed by atoms with Crippen LogP contribution in [0.15, 0.2) is 0 Å². The van der Waals surface area contributed by atoms with Crippen LogP contribution in [0.25, 0.3) is 0 Å². The molecule has 0 atom stereocenters. The Morgan fingerprint density at radius 3 is 2.40 bits per heavy atom. The SMILES string of the molecule is [B]ONOC. The van der Waals surface area contributed by atoms with E-state index in [1.165, 1.54) is 7.11 Å². The molecule has 3 nitrogen and oxygen atoms in total. The molecule has 0 aromatic rings. The lowest BCUT2D eigenvalue weighted by molar-refractivity contribution is -0.0753. The van der Waals surface area contributed by atoms with Gasteiger partial charge in [-0.15, -0.1) is 0 Å². The molecule has 0 spiro atoms. The Morgan fingerprint density at radius 2 is 2.40 bits per heavy atom. The van der Waals surface area contributed by atoms with Gasteiger partial charge in [-0.1, -0.05) is 5.64 Å². The highest BCUT2D eigenvalue weighted by Crippen LogP contribution is 1.44. The number of hydrogen-bond acceptors (Lipinski definition) is 3. The van der Waals surface area contributed by atoms with Gasteiger partial charge >= 0.3 is 8.05 Å². The summed E-state index contributed by atoms with van der Waals surface area (Å²) in [4.78, 5) is 4.09. The smallest absolute Gasteiger partial charge is 0.320 e. The van der Waals surface area contributed by atoms with Gasteiger partial charge in [0.1, 0.15) is 0 Å². The minimum Gasteiger partial charge on any atom is -0.355 e. The normalized spacial score (nSPS) is 8.20. The van der Waals surface area contributed by atoms with Crippen molar-refractivity contribution in [2.24, 2.45) is 0 Å². The van der Waals surface area contributed by atoms with Gasteiger partial charge in [-0.2, -0.15) is 0 Å². The van der Waals surface area contributed by atoms with Crippen LogP contribution in [-0.4, -0.2) is 15.2 Å². The summed E-state index contributed by atoms with van der Waals surface area (Å²) in [6, 6.07) is 0. The summed E-state index contributed by atoms with van der Waals surface area (Å²) in [5, 5.41) is 0. The van der Waals surface area contributed by atoms with E-state index < -0.39 is 0 Å². The third-order valence-corrected chi connectivity index (χ3v) is 0.131. The number of hydrogen-bond donors (Lipinski definition) is 1. The molecule has 0 fully saturated rings. The highest BCUT2D eigenvalue weighted by molar-refractivity contribution is 5.97. The minimum atomic E-state index is 1.40. The zero-order valence-corrected chi connectivity index (χ0v) is 2.89. The van der Waals surface area contributed by atoms with E-state index in [2.05, 4.69) is 17.6 Å². The number of nitrogens with one attached hydrogen (secondary N) is 1. The van der Waals surface area contributed by atoms with Gasteiger partial charge in [-0.05, 0) is 0 Å². The van der Waals surface area contributed by atoms with Crippen LogP contribution in [0.5, 0.6) is 0 Å². The van der Waals surface area contributed by atoms with Crippen molar-refractivity contribution in [3.05, 3.63) is 0 Å². The fourth-order valence-corrected chi connectivity index (χ4v) is 0.0481. The van der Waals surface area contributed by atoms with Crippen LogP contribution >= 0.6 is 0 Å². The van der Waals surface area contributed by atoms with Crippen molar-refractivity contribution in [1.82, 2.24) is 5.64 Å².